The molecule has 218 valence electrons. The molecular weight excluding hydrogens is 542 g/mol. The molecule has 0 aliphatic carbocycles. The molecule has 5 rings (SSSR count). The molecule has 2 aliphatic heterocycles. The maximum absolute atomic E-state index is 15.0. The lowest BCUT2D eigenvalue weighted by Crippen LogP contribution is -2.47. The van der Waals surface area contributed by atoms with E-state index in [1.54, 1.807) is 29.0 Å². The van der Waals surface area contributed by atoms with Crippen LogP contribution in [0.4, 0.5) is 14.6 Å². The Morgan fingerprint density at radius 2 is 1.79 bits per heavy atom. The zero-order valence-electron chi connectivity index (χ0n) is 23.5. The van der Waals surface area contributed by atoms with E-state index in [9.17, 15) is 14.0 Å². The van der Waals surface area contributed by atoms with Gasteiger partial charge in [0, 0.05) is 51.6 Å². The zero-order chi connectivity index (χ0) is 29.8. The number of ether oxygens (including phenoxy) is 1. The van der Waals surface area contributed by atoms with Crippen LogP contribution in [-0.2, 0) is 9.59 Å². The van der Waals surface area contributed by atoms with Gasteiger partial charge in [-0.05, 0) is 54.3 Å². The lowest BCUT2D eigenvalue weighted by atomic mass is 9.87. The average molecular weight is 575 g/mol. The molecule has 3 aromatic rings. The van der Waals surface area contributed by atoms with Gasteiger partial charge in [0.1, 0.15) is 23.5 Å². The van der Waals surface area contributed by atoms with Crippen LogP contribution in [0.25, 0.3) is 0 Å². The van der Waals surface area contributed by atoms with Crippen LogP contribution in [-0.4, -0.2) is 71.6 Å². The first-order valence-corrected chi connectivity index (χ1v) is 13.9. The van der Waals surface area contributed by atoms with E-state index in [1.165, 1.54) is 19.1 Å². The maximum Gasteiger partial charge on any atom is 0.228 e. The van der Waals surface area contributed by atoms with Crippen LogP contribution in [0.5, 0.6) is 5.75 Å². The van der Waals surface area contributed by atoms with Crippen LogP contribution in [0.2, 0.25) is 0 Å². The third-order valence-corrected chi connectivity index (χ3v) is 8.20. The van der Waals surface area contributed by atoms with Crippen molar-refractivity contribution in [2.24, 2.45) is 5.92 Å². The van der Waals surface area contributed by atoms with Crippen molar-refractivity contribution in [3.05, 3.63) is 83.1 Å². The molecule has 2 aliphatic rings. The van der Waals surface area contributed by atoms with Crippen LogP contribution in [0.3, 0.4) is 0 Å². The SMILES string of the molecule is COc1ccc(C2CCCN(C(=O)C3CN(c4ccc(C#N)nn4)CC3c3ccc(F)cc3F)CCN2C(C)=O)cc1. The molecule has 9 nitrogen and oxygen atoms in total. The topological polar surface area (TPSA) is 103 Å². The normalized spacial score (nSPS) is 20.9. The lowest BCUT2D eigenvalue weighted by molar-refractivity contribution is -0.139. The van der Waals surface area contributed by atoms with Crippen LogP contribution < -0.4 is 9.64 Å². The number of carbonyl (C=O) groups excluding carboxylic acids is 2. The number of hydrogen-bond donors (Lipinski definition) is 0. The zero-order valence-corrected chi connectivity index (χ0v) is 23.5. The summed E-state index contributed by atoms with van der Waals surface area (Å²) in [5, 5.41) is 17.1. The fourth-order valence-electron chi connectivity index (χ4n) is 6.04. The number of rotatable bonds is 5. The highest BCUT2D eigenvalue weighted by Gasteiger charge is 2.42. The molecule has 2 aromatic carbocycles. The van der Waals surface area contributed by atoms with E-state index in [-0.39, 0.29) is 42.2 Å². The number of anilines is 1. The first kappa shape index (κ1) is 28.9. The van der Waals surface area contributed by atoms with Gasteiger partial charge in [0.15, 0.2) is 11.5 Å². The minimum Gasteiger partial charge on any atom is -0.497 e. The Hall–Kier alpha value is -4.59. The molecule has 3 atom stereocenters. The van der Waals surface area contributed by atoms with Crippen LogP contribution in [0.1, 0.15) is 48.5 Å². The Morgan fingerprint density at radius 3 is 2.43 bits per heavy atom. The van der Waals surface area contributed by atoms with Crippen molar-refractivity contribution in [3.63, 3.8) is 0 Å². The molecule has 2 amide bonds. The molecule has 1 aromatic heterocycles. The number of halogens is 2. The molecular formula is C31H32F2N6O3. The van der Waals surface area contributed by atoms with Crippen molar-refractivity contribution >= 4 is 17.6 Å². The van der Waals surface area contributed by atoms with E-state index >= 15 is 4.39 Å². The maximum atomic E-state index is 15.0. The highest BCUT2D eigenvalue weighted by molar-refractivity contribution is 5.82. The number of methoxy groups -OCH3 is 1. The van der Waals surface area contributed by atoms with Crippen molar-refractivity contribution in [1.82, 2.24) is 20.0 Å². The minimum atomic E-state index is -0.705. The molecule has 3 unspecified atom stereocenters. The van der Waals surface area contributed by atoms with E-state index in [2.05, 4.69) is 10.2 Å². The summed E-state index contributed by atoms with van der Waals surface area (Å²) in [6.45, 7) is 3.23. The monoisotopic (exact) mass is 574 g/mol. The third kappa shape index (κ3) is 6.03. The second-order valence-corrected chi connectivity index (χ2v) is 10.6. The van der Waals surface area contributed by atoms with E-state index in [1.807, 2.05) is 35.2 Å². The van der Waals surface area contributed by atoms with Crippen LogP contribution in [0, 0.1) is 28.9 Å². The number of benzene rings is 2. The third-order valence-electron chi connectivity index (χ3n) is 8.20. The van der Waals surface area contributed by atoms with Gasteiger partial charge in [0.2, 0.25) is 11.8 Å². The van der Waals surface area contributed by atoms with E-state index in [0.29, 0.717) is 38.3 Å². The Balaban J connectivity index is 1.38. The summed E-state index contributed by atoms with van der Waals surface area (Å²) in [5.41, 5.74) is 1.43. The number of aromatic nitrogens is 2. The Bertz CT molecular complexity index is 1480. The van der Waals surface area contributed by atoms with Gasteiger partial charge in [-0.2, -0.15) is 5.26 Å². The average Bonchev–Trinajstić information content (AvgIpc) is 3.42. The molecule has 0 bridgehead atoms. The summed E-state index contributed by atoms with van der Waals surface area (Å²) in [6, 6.07) is 16.1. The number of nitriles is 1. The smallest absolute Gasteiger partial charge is 0.228 e. The van der Waals surface area contributed by atoms with Crippen molar-refractivity contribution in [1.29, 1.82) is 5.26 Å². The summed E-state index contributed by atoms with van der Waals surface area (Å²) in [6.07, 6.45) is 1.34. The van der Waals surface area contributed by atoms with Crippen LogP contribution in [0.15, 0.2) is 54.6 Å². The minimum absolute atomic E-state index is 0.0807. The summed E-state index contributed by atoms with van der Waals surface area (Å²) >= 11 is 0. The summed E-state index contributed by atoms with van der Waals surface area (Å²) in [5.74, 6) is -1.62. The molecule has 42 heavy (non-hydrogen) atoms. The van der Waals surface area contributed by atoms with Gasteiger partial charge in [0.25, 0.3) is 0 Å². The Kier molecular flexibility index (Phi) is 8.61. The molecule has 0 saturated carbocycles. The highest BCUT2D eigenvalue weighted by atomic mass is 19.1. The predicted octanol–water partition coefficient (Wildman–Crippen LogP) is 4.07. The number of nitrogens with zero attached hydrogens (tertiary/aromatic N) is 6. The summed E-state index contributed by atoms with van der Waals surface area (Å²) < 4.78 is 34.1. The van der Waals surface area contributed by atoms with Crippen molar-refractivity contribution in [2.45, 2.75) is 31.7 Å². The van der Waals surface area contributed by atoms with Gasteiger partial charge >= 0.3 is 0 Å². The molecule has 11 heteroatoms. The molecule has 0 spiro atoms. The van der Waals surface area contributed by atoms with E-state index in [4.69, 9.17) is 10.00 Å². The van der Waals surface area contributed by atoms with E-state index < -0.39 is 23.5 Å². The standard InChI is InChI=1S/C31H32F2N6O3/c1-20(40)39-15-14-37(13-3-4-29(39)21-5-9-24(42-2)10-6-21)31(41)27-19-38(30-12-8-23(17-34)35-36-30)18-26(27)25-11-7-22(32)16-28(25)33/h5-12,16,26-27,29H,3-4,13-15,18-19H2,1-2H3. The largest absolute Gasteiger partial charge is 0.497 e. The van der Waals surface area contributed by atoms with Gasteiger partial charge < -0.3 is 19.4 Å². The van der Waals surface area contributed by atoms with E-state index in [0.717, 1.165) is 17.4 Å². The fraction of sp³-hybridized carbons (Fsp3) is 0.387. The molecule has 0 radical (unpaired) electrons. The van der Waals surface area contributed by atoms with Crippen LogP contribution >= 0.6 is 0 Å². The number of amides is 2. The van der Waals surface area contributed by atoms with Gasteiger partial charge in [0.05, 0.1) is 19.1 Å². The van der Waals surface area contributed by atoms with Gasteiger partial charge in [-0.25, -0.2) is 8.78 Å². The van der Waals surface area contributed by atoms with Gasteiger partial charge in [-0.15, -0.1) is 10.2 Å². The van der Waals surface area contributed by atoms with Crippen molar-refractivity contribution in [2.75, 3.05) is 44.7 Å². The second kappa shape index (κ2) is 12.5. The number of hydrogen-bond acceptors (Lipinski definition) is 7. The second-order valence-electron chi connectivity index (χ2n) is 10.6. The first-order valence-electron chi connectivity index (χ1n) is 13.9. The summed E-state index contributed by atoms with van der Waals surface area (Å²) in [7, 11) is 1.61. The first-order chi connectivity index (χ1) is 20.3. The predicted molar refractivity (Wildman–Crippen MR) is 150 cm³/mol. The van der Waals surface area contributed by atoms with Gasteiger partial charge in [-0.1, -0.05) is 18.2 Å². The molecule has 0 N–H and O–H groups in total. The van der Waals surface area contributed by atoms with Gasteiger partial charge in [-0.3, -0.25) is 9.59 Å². The highest BCUT2D eigenvalue weighted by Crippen LogP contribution is 2.38. The fourth-order valence-corrected chi connectivity index (χ4v) is 6.04. The quantitative estimate of drug-likeness (QED) is 0.453. The van der Waals surface area contributed by atoms with Crippen molar-refractivity contribution < 1.29 is 23.1 Å². The summed E-state index contributed by atoms with van der Waals surface area (Å²) in [4.78, 5) is 32.2. The molecule has 2 saturated heterocycles. The number of carbonyl (C=O) groups is 2. The Labute approximate surface area is 243 Å². The van der Waals surface area contributed by atoms with Crippen molar-refractivity contribution in [3.8, 4) is 11.8 Å². The Morgan fingerprint density at radius 1 is 1.00 bits per heavy atom. The lowest BCUT2D eigenvalue weighted by Gasteiger charge is -2.38. The molecule has 2 fully saturated rings. The molecule has 3 heterocycles.